The van der Waals surface area contributed by atoms with Crippen molar-refractivity contribution < 1.29 is 9.53 Å². The summed E-state index contributed by atoms with van der Waals surface area (Å²) in [5.74, 6) is 1.14. The minimum absolute atomic E-state index is 0.0881. The van der Waals surface area contributed by atoms with Crippen LogP contribution in [0.1, 0.15) is 21.5 Å². The summed E-state index contributed by atoms with van der Waals surface area (Å²) in [7, 11) is 1.60. The summed E-state index contributed by atoms with van der Waals surface area (Å²) in [6.07, 6.45) is 0. The maximum Gasteiger partial charge on any atom is 0.177 e. The molecule has 0 spiro atoms. The van der Waals surface area contributed by atoms with Crippen molar-refractivity contribution in [3.05, 3.63) is 57.6 Å². The molecule has 0 bridgehead atoms. The van der Waals surface area contributed by atoms with Gasteiger partial charge in [-0.25, -0.2) is 0 Å². The number of halogens is 1. The molecule has 2 nitrogen and oxygen atoms in total. The monoisotopic (exact) mass is 364 g/mol. The van der Waals surface area contributed by atoms with Gasteiger partial charge >= 0.3 is 0 Å². The fourth-order valence-electron chi connectivity index (χ4n) is 2.22. The molecule has 0 saturated carbocycles. The lowest BCUT2D eigenvalue weighted by atomic mass is 10.0. The molecule has 0 radical (unpaired) electrons. The number of Topliss-reactive ketones (excluding diaryl/α,β-unsaturated/α-hetero) is 1. The number of hydrogen-bond acceptors (Lipinski definition) is 3. The van der Waals surface area contributed by atoms with Gasteiger partial charge in [-0.15, -0.1) is 11.8 Å². The van der Waals surface area contributed by atoms with Crippen LogP contribution in [0.25, 0.3) is 0 Å². The van der Waals surface area contributed by atoms with Crippen LogP contribution in [-0.2, 0) is 0 Å². The molecule has 0 aliphatic heterocycles. The van der Waals surface area contributed by atoms with Crippen molar-refractivity contribution in [3.63, 3.8) is 0 Å². The molecule has 0 aliphatic carbocycles. The molecule has 0 atom stereocenters. The van der Waals surface area contributed by atoms with Gasteiger partial charge in [-0.05, 0) is 59.1 Å². The first kappa shape index (κ1) is 16.1. The van der Waals surface area contributed by atoms with E-state index in [4.69, 9.17) is 4.74 Å². The molecular weight excluding hydrogens is 348 g/mol. The van der Waals surface area contributed by atoms with Crippen LogP contribution in [0.4, 0.5) is 0 Å². The summed E-state index contributed by atoms with van der Waals surface area (Å²) in [6, 6.07) is 11.8. The predicted octanol–water partition coefficient (Wildman–Crippen LogP) is 5.05. The Hall–Kier alpha value is -1.26. The lowest BCUT2D eigenvalue weighted by molar-refractivity contribution is 0.101. The quantitative estimate of drug-likeness (QED) is 0.548. The van der Waals surface area contributed by atoms with Gasteiger partial charge in [-0.3, -0.25) is 4.79 Å². The van der Waals surface area contributed by atoms with Gasteiger partial charge in [-0.1, -0.05) is 18.2 Å². The van der Waals surface area contributed by atoms with Crippen LogP contribution >= 0.6 is 27.7 Å². The van der Waals surface area contributed by atoms with Crippen molar-refractivity contribution in [2.45, 2.75) is 18.7 Å². The number of carbonyl (C=O) groups is 1. The first-order valence-corrected chi connectivity index (χ1v) is 8.36. The van der Waals surface area contributed by atoms with E-state index >= 15 is 0 Å². The molecule has 2 aromatic rings. The molecule has 2 aromatic carbocycles. The summed E-state index contributed by atoms with van der Waals surface area (Å²) in [5, 5.41) is 0. The summed E-state index contributed by atoms with van der Waals surface area (Å²) in [6.45, 7) is 3.95. The maximum atomic E-state index is 12.5. The van der Waals surface area contributed by atoms with Gasteiger partial charge in [0.05, 0.1) is 18.4 Å². The molecule has 21 heavy (non-hydrogen) atoms. The minimum Gasteiger partial charge on any atom is -0.496 e. The number of ketones is 1. The molecule has 0 unspecified atom stereocenters. The summed E-state index contributed by atoms with van der Waals surface area (Å²) in [5.41, 5.74) is 2.74. The van der Waals surface area contributed by atoms with Gasteiger partial charge < -0.3 is 4.74 Å². The van der Waals surface area contributed by atoms with Gasteiger partial charge in [0.25, 0.3) is 0 Å². The van der Waals surface area contributed by atoms with Crippen LogP contribution in [0.5, 0.6) is 5.75 Å². The number of rotatable bonds is 5. The molecule has 0 amide bonds. The molecule has 0 aliphatic rings. The van der Waals surface area contributed by atoms with Crippen LogP contribution in [-0.4, -0.2) is 18.6 Å². The highest BCUT2D eigenvalue weighted by Gasteiger charge is 2.16. The molecular formula is C17H17BrO2S. The largest absolute Gasteiger partial charge is 0.496 e. The molecule has 0 fully saturated rings. The van der Waals surface area contributed by atoms with E-state index in [1.165, 1.54) is 11.8 Å². The van der Waals surface area contributed by atoms with Crippen LogP contribution in [0.3, 0.4) is 0 Å². The van der Waals surface area contributed by atoms with E-state index in [1.54, 1.807) is 7.11 Å². The first-order chi connectivity index (χ1) is 10.0. The van der Waals surface area contributed by atoms with E-state index in [1.807, 2.05) is 50.2 Å². The number of hydrogen-bond donors (Lipinski definition) is 0. The van der Waals surface area contributed by atoms with Crippen LogP contribution in [0.15, 0.2) is 45.8 Å². The van der Waals surface area contributed by atoms with Crippen molar-refractivity contribution >= 4 is 33.5 Å². The zero-order chi connectivity index (χ0) is 15.4. The second-order valence-electron chi connectivity index (χ2n) is 4.80. The van der Waals surface area contributed by atoms with Gasteiger partial charge in [0.2, 0.25) is 0 Å². The van der Waals surface area contributed by atoms with Gasteiger partial charge in [0.15, 0.2) is 5.78 Å². The van der Waals surface area contributed by atoms with E-state index in [0.717, 1.165) is 20.5 Å². The second kappa shape index (κ2) is 7.14. The van der Waals surface area contributed by atoms with Crippen molar-refractivity contribution in [2.75, 3.05) is 12.9 Å². The van der Waals surface area contributed by atoms with E-state index in [-0.39, 0.29) is 5.78 Å². The van der Waals surface area contributed by atoms with E-state index in [0.29, 0.717) is 17.1 Å². The van der Waals surface area contributed by atoms with Crippen LogP contribution < -0.4 is 4.74 Å². The Labute approximate surface area is 138 Å². The molecule has 0 N–H and O–H groups in total. The van der Waals surface area contributed by atoms with Crippen molar-refractivity contribution in [3.8, 4) is 5.75 Å². The molecule has 0 aromatic heterocycles. The number of benzene rings is 2. The SMILES string of the molecule is COc1cc(C)cc(C)c1C(=O)CSc1ccccc1Br. The normalized spacial score (nSPS) is 10.5. The van der Waals surface area contributed by atoms with E-state index in [2.05, 4.69) is 15.9 Å². The highest BCUT2D eigenvalue weighted by Crippen LogP contribution is 2.30. The fourth-order valence-corrected chi connectivity index (χ4v) is 3.66. The van der Waals surface area contributed by atoms with Crippen molar-refractivity contribution in [1.29, 1.82) is 0 Å². The van der Waals surface area contributed by atoms with Crippen LogP contribution in [0.2, 0.25) is 0 Å². The Kier molecular flexibility index (Phi) is 5.48. The molecule has 4 heteroatoms. The smallest absolute Gasteiger partial charge is 0.177 e. The minimum atomic E-state index is 0.0881. The number of ether oxygens (including phenoxy) is 1. The Morgan fingerprint density at radius 3 is 2.62 bits per heavy atom. The standard InChI is InChI=1S/C17H17BrO2S/c1-11-8-12(2)17(15(9-11)20-3)14(19)10-21-16-7-5-4-6-13(16)18/h4-9H,10H2,1-3H3. The Morgan fingerprint density at radius 2 is 1.95 bits per heavy atom. The van der Waals surface area contributed by atoms with Crippen LogP contribution in [0, 0.1) is 13.8 Å². The summed E-state index contributed by atoms with van der Waals surface area (Å²) >= 11 is 5.03. The Balaban J connectivity index is 2.20. The third kappa shape index (κ3) is 3.89. The molecule has 0 saturated heterocycles. The molecule has 0 heterocycles. The number of thioether (sulfide) groups is 1. The number of aryl methyl sites for hydroxylation is 2. The third-order valence-electron chi connectivity index (χ3n) is 3.14. The highest BCUT2D eigenvalue weighted by molar-refractivity contribution is 9.10. The first-order valence-electron chi connectivity index (χ1n) is 6.58. The zero-order valence-corrected chi connectivity index (χ0v) is 14.7. The predicted molar refractivity (Wildman–Crippen MR) is 91.7 cm³/mol. The average Bonchev–Trinajstić information content (AvgIpc) is 2.45. The van der Waals surface area contributed by atoms with Crippen molar-refractivity contribution in [2.24, 2.45) is 0 Å². The maximum absolute atomic E-state index is 12.5. The summed E-state index contributed by atoms with van der Waals surface area (Å²) in [4.78, 5) is 13.6. The lowest BCUT2D eigenvalue weighted by Crippen LogP contribution is -2.08. The van der Waals surface area contributed by atoms with Gasteiger partial charge in [0.1, 0.15) is 5.75 Å². The molecule has 110 valence electrons. The Bertz CT molecular complexity index is 668. The molecule has 2 rings (SSSR count). The number of methoxy groups -OCH3 is 1. The average molecular weight is 365 g/mol. The zero-order valence-electron chi connectivity index (χ0n) is 12.3. The topological polar surface area (TPSA) is 26.3 Å². The number of carbonyl (C=O) groups excluding carboxylic acids is 1. The van der Waals surface area contributed by atoms with Gasteiger partial charge in [0, 0.05) is 9.37 Å². The van der Waals surface area contributed by atoms with Crippen molar-refractivity contribution in [1.82, 2.24) is 0 Å². The lowest BCUT2D eigenvalue weighted by Gasteiger charge is -2.12. The Morgan fingerprint density at radius 1 is 1.24 bits per heavy atom. The highest BCUT2D eigenvalue weighted by atomic mass is 79.9. The van der Waals surface area contributed by atoms with Gasteiger partial charge in [-0.2, -0.15) is 0 Å². The third-order valence-corrected chi connectivity index (χ3v) is 5.17. The van der Waals surface area contributed by atoms with E-state index in [9.17, 15) is 4.79 Å². The fraction of sp³-hybridized carbons (Fsp3) is 0.235. The second-order valence-corrected chi connectivity index (χ2v) is 6.67. The summed E-state index contributed by atoms with van der Waals surface area (Å²) < 4.78 is 6.37. The van der Waals surface area contributed by atoms with E-state index < -0.39 is 0 Å².